The Kier molecular flexibility index (Phi) is 9.34. The molecular formula is C10H23BrO7P2. The van der Waals surface area contributed by atoms with Gasteiger partial charge in [-0.15, -0.1) is 0 Å². The summed E-state index contributed by atoms with van der Waals surface area (Å²) >= 11 is 3.24. The lowest BCUT2D eigenvalue weighted by atomic mass is 10.2. The first-order chi connectivity index (χ1) is 9.18. The van der Waals surface area contributed by atoms with Gasteiger partial charge in [0, 0.05) is 5.33 Å². The quantitative estimate of drug-likeness (QED) is 0.279. The first-order valence-corrected chi connectivity index (χ1v) is 10.7. The highest BCUT2D eigenvalue weighted by Crippen LogP contribution is 2.74. The molecule has 1 unspecified atom stereocenters. The van der Waals surface area contributed by atoms with Gasteiger partial charge in [-0.2, -0.15) is 0 Å². The highest BCUT2D eigenvalue weighted by molar-refractivity contribution is 9.09. The Hall–Kier alpha value is 0.740. The topological polar surface area (TPSA) is 113 Å². The van der Waals surface area contributed by atoms with Crippen LogP contribution in [0.2, 0.25) is 0 Å². The lowest BCUT2D eigenvalue weighted by Crippen LogP contribution is -2.31. The van der Waals surface area contributed by atoms with Gasteiger partial charge < -0.3 is 23.9 Å². The maximum atomic E-state index is 12.5. The molecule has 0 rings (SSSR count). The summed E-state index contributed by atoms with van der Waals surface area (Å²) in [7, 11) is -9.42. The molecule has 0 bridgehead atoms. The van der Waals surface area contributed by atoms with Crippen LogP contribution in [-0.4, -0.2) is 38.5 Å². The van der Waals surface area contributed by atoms with Crippen molar-refractivity contribution in [2.45, 2.75) is 44.6 Å². The standard InChI is InChI=1S/C10H23BrO7P2/c1-3-17-20(16,18-4-2)10(12,19(13,14)15)8-6-5-7-9-11/h12H,3-9H2,1-2H3,(H2,13,14,15). The second-order valence-corrected chi connectivity index (χ2v) is 9.38. The van der Waals surface area contributed by atoms with Crippen LogP contribution in [-0.2, 0) is 18.2 Å². The van der Waals surface area contributed by atoms with E-state index in [9.17, 15) is 24.0 Å². The van der Waals surface area contributed by atoms with Crippen LogP contribution in [0.1, 0.15) is 39.5 Å². The summed E-state index contributed by atoms with van der Waals surface area (Å²) in [4.78, 5) is 18.8. The van der Waals surface area contributed by atoms with E-state index in [1.54, 1.807) is 0 Å². The molecule has 10 heteroatoms. The van der Waals surface area contributed by atoms with E-state index in [1.165, 1.54) is 13.8 Å². The molecule has 0 heterocycles. The molecule has 122 valence electrons. The smallest absolute Gasteiger partial charge is 0.368 e. The van der Waals surface area contributed by atoms with Crippen LogP contribution in [0.4, 0.5) is 0 Å². The summed E-state index contributed by atoms with van der Waals surface area (Å²) in [5.41, 5.74) is 0. The molecule has 7 nitrogen and oxygen atoms in total. The van der Waals surface area contributed by atoms with Crippen molar-refractivity contribution in [1.82, 2.24) is 0 Å². The van der Waals surface area contributed by atoms with Crippen molar-refractivity contribution < 1.29 is 33.1 Å². The normalized spacial score (nSPS) is 16.1. The fourth-order valence-corrected chi connectivity index (χ4v) is 5.73. The van der Waals surface area contributed by atoms with Gasteiger partial charge in [0.05, 0.1) is 13.2 Å². The Morgan fingerprint density at radius 3 is 1.90 bits per heavy atom. The molecule has 20 heavy (non-hydrogen) atoms. The average molecular weight is 397 g/mol. The van der Waals surface area contributed by atoms with Crippen molar-refractivity contribution in [3.05, 3.63) is 0 Å². The molecule has 3 N–H and O–H groups in total. The summed E-state index contributed by atoms with van der Waals surface area (Å²) < 4.78 is 34.0. The van der Waals surface area contributed by atoms with Gasteiger partial charge in [-0.1, -0.05) is 22.4 Å². The van der Waals surface area contributed by atoms with Crippen LogP contribution < -0.4 is 0 Å². The number of aliphatic hydroxyl groups is 1. The molecule has 0 aliphatic carbocycles. The third kappa shape index (κ3) is 5.18. The molecule has 0 fully saturated rings. The van der Waals surface area contributed by atoms with Gasteiger partial charge in [-0.25, -0.2) is 0 Å². The van der Waals surface area contributed by atoms with Crippen molar-refractivity contribution in [3.63, 3.8) is 0 Å². The van der Waals surface area contributed by atoms with Crippen molar-refractivity contribution in [2.24, 2.45) is 0 Å². The molecule has 0 aliphatic heterocycles. The molecule has 0 spiro atoms. The zero-order valence-electron chi connectivity index (χ0n) is 11.7. The second kappa shape index (κ2) is 9.01. The maximum absolute atomic E-state index is 12.5. The van der Waals surface area contributed by atoms with Crippen molar-refractivity contribution in [2.75, 3.05) is 18.5 Å². The first kappa shape index (κ1) is 20.7. The molecule has 0 aliphatic rings. The Balaban J connectivity index is 5.28. The molecule has 0 aromatic rings. The van der Waals surface area contributed by atoms with E-state index in [0.29, 0.717) is 12.8 Å². The van der Waals surface area contributed by atoms with Gasteiger partial charge in [0.25, 0.3) is 5.08 Å². The number of halogens is 1. The number of alkyl halides is 1. The zero-order valence-corrected chi connectivity index (χ0v) is 15.1. The Labute approximate surface area is 127 Å². The summed E-state index contributed by atoms with van der Waals surface area (Å²) in [6.45, 7) is 2.86. The predicted molar refractivity (Wildman–Crippen MR) is 80.1 cm³/mol. The van der Waals surface area contributed by atoms with Gasteiger partial charge in [0.1, 0.15) is 0 Å². The van der Waals surface area contributed by atoms with Gasteiger partial charge in [0.2, 0.25) is 0 Å². The summed E-state index contributed by atoms with van der Waals surface area (Å²) in [6.07, 6.45) is 1.37. The van der Waals surface area contributed by atoms with E-state index in [0.717, 1.165) is 11.8 Å². The van der Waals surface area contributed by atoms with Crippen LogP contribution in [0.3, 0.4) is 0 Å². The summed E-state index contributed by atoms with van der Waals surface area (Å²) in [5.74, 6) is 0. The van der Waals surface area contributed by atoms with Crippen molar-refractivity contribution in [3.8, 4) is 0 Å². The highest BCUT2D eigenvalue weighted by atomic mass is 79.9. The number of rotatable bonds is 11. The minimum Gasteiger partial charge on any atom is -0.368 e. The molecule has 0 amide bonds. The molecule has 0 saturated carbocycles. The second-order valence-electron chi connectivity index (χ2n) is 4.15. The Bertz CT molecular complexity index is 363. The van der Waals surface area contributed by atoms with E-state index in [-0.39, 0.29) is 19.6 Å². The largest absolute Gasteiger partial charge is 0.374 e. The fourth-order valence-electron chi connectivity index (χ4n) is 1.66. The van der Waals surface area contributed by atoms with Crippen LogP contribution in [0.25, 0.3) is 0 Å². The molecule has 0 radical (unpaired) electrons. The van der Waals surface area contributed by atoms with Crippen LogP contribution in [0.5, 0.6) is 0 Å². The van der Waals surface area contributed by atoms with Gasteiger partial charge in [-0.3, -0.25) is 9.13 Å². The van der Waals surface area contributed by atoms with Crippen LogP contribution in [0.15, 0.2) is 0 Å². The minimum absolute atomic E-state index is 0.0824. The lowest BCUT2D eigenvalue weighted by molar-refractivity contribution is 0.0940. The lowest BCUT2D eigenvalue weighted by Gasteiger charge is -2.34. The molecule has 0 aromatic carbocycles. The zero-order chi connectivity index (χ0) is 15.9. The van der Waals surface area contributed by atoms with Crippen molar-refractivity contribution >= 4 is 31.1 Å². The van der Waals surface area contributed by atoms with Gasteiger partial charge >= 0.3 is 15.2 Å². The number of unbranched alkanes of at least 4 members (excludes halogenated alkanes) is 2. The Morgan fingerprint density at radius 1 is 1.05 bits per heavy atom. The first-order valence-electron chi connectivity index (χ1n) is 6.41. The molecular weight excluding hydrogens is 374 g/mol. The SMILES string of the molecule is CCOP(=O)(OCC)C(O)(CCCCCBr)P(=O)(O)O. The molecule has 0 aromatic heterocycles. The van der Waals surface area contributed by atoms with E-state index in [1.807, 2.05) is 0 Å². The Morgan fingerprint density at radius 2 is 1.55 bits per heavy atom. The third-order valence-electron chi connectivity index (χ3n) is 2.65. The average Bonchev–Trinajstić information content (AvgIpc) is 2.33. The number of hydrogen-bond acceptors (Lipinski definition) is 5. The predicted octanol–water partition coefficient (Wildman–Crippen LogP) is 3.03. The maximum Gasteiger partial charge on any atom is 0.374 e. The summed E-state index contributed by atoms with van der Waals surface area (Å²) in [6, 6.07) is 0. The van der Waals surface area contributed by atoms with E-state index >= 15 is 0 Å². The molecule has 1 atom stereocenters. The fraction of sp³-hybridized carbons (Fsp3) is 1.00. The highest BCUT2D eigenvalue weighted by Gasteiger charge is 2.61. The van der Waals surface area contributed by atoms with E-state index < -0.39 is 20.3 Å². The summed E-state index contributed by atoms with van der Waals surface area (Å²) in [5, 5.41) is 8.29. The minimum atomic E-state index is -5.09. The van der Waals surface area contributed by atoms with E-state index in [2.05, 4.69) is 15.9 Å². The third-order valence-corrected chi connectivity index (χ3v) is 8.18. The van der Waals surface area contributed by atoms with Crippen molar-refractivity contribution in [1.29, 1.82) is 0 Å². The van der Waals surface area contributed by atoms with Crippen LogP contribution >= 0.6 is 31.1 Å². The van der Waals surface area contributed by atoms with Gasteiger partial charge in [0.15, 0.2) is 0 Å². The van der Waals surface area contributed by atoms with E-state index in [4.69, 9.17) is 9.05 Å². The van der Waals surface area contributed by atoms with Gasteiger partial charge in [-0.05, 0) is 33.1 Å². The number of hydrogen-bond donors (Lipinski definition) is 3. The van der Waals surface area contributed by atoms with Crippen LogP contribution in [0, 0.1) is 0 Å². The monoisotopic (exact) mass is 396 g/mol. The molecule has 0 saturated heterocycles.